The summed E-state index contributed by atoms with van der Waals surface area (Å²) in [5.74, 6) is 0.764. The third kappa shape index (κ3) is 4.39. The molecular formula is C16H27ClN4O4S. The molecule has 10 heteroatoms. The number of nitrogens with one attached hydrogen (secondary N) is 1. The zero-order valence-corrected chi connectivity index (χ0v) is 16.9. The van der Waals surface area contributed by atoms with Crippen LogP contribution in [0.4, 0.5) is 0 Å². The van der Waals surface area contributed by atoms with Crippen molar-refractivity contribution in [2.24, 2.45) is 5.92 Å². The van der Waals surface area contributed by atoms with E-state index in [0.717, 1.165) is 26.2 Å². The number of nitrogens with zero attached hydrogens (tertiary/aromatic N) is 3. The second kappa shape index (κ2) is 8.69. The average Bonchev–Trinajstić information content (AvgIpc) is 2.95. The van der Waals surface area contributed by atoms with Gasteiger partial charge in [0.1, 0.15) is 10.6 Å². The van der Waals surface area contributed by atoms with E-state index in [0.29, 0.717) is 43.8 Å². The van der Waals surface area contributed by atoms with Gasteiger partial charge in [0, 0.05) is 45.7 Å². The summed E-state index contributed by atoms with van der Waals surface area (Å²) in [5.41, 5.74) is 0.397. The number of rotatable bonds is 4. The van der Waals surface area contributed by atoms with Crippen molar-refractivity contribution >= 4 is 28.3 Å². The molecule has 1 aromatic rings. The summed E-state index contributed by atoms with van der Waals surface area (Å²) in [5, 5.41) is 6.99. The highest BCUT2D eigenvalue weighted by Crippen LogP contribution is 2.29. The third-order valence-corrected chi connectivity index (χ3v) is 7.22. The van der Waals surface area contributed by atoms with Crippen LogP contribution in [-0.2, 0) is 14.8 Å². The molecule has 0 unspecified atom stereocenters. The van der Waals surface area contributed by atoms with E-state index in [1.165, 1.54) is 4.31 Å². The molecule has 2 fully saturated rings. The number of aromatic nitrogens is 1. The maximum Gasteiger partial charge on any atom is 0.248 e. The standard InChI is InChI=1S/C16H26N4O4S.ClH/c1-12-16(13(2)24-18-12)25(22,23)20-7-3-14(4-8-20)11-15(21)19-9-5-17-6-10-19;/h14,17H,3-11H2,1-2H3;1H. The second-order valence-corrected chi connectivity index (χ2v) is 8.71. The van der Waals surface area contributed by atoms with E-state index in [4.69, 9.17) is 4.52 Å². The van der Waals surface area contributed by atoms with Crippen LogP contribution < -0.4 is 5.32 Å². The molecule has 0 radical (unpaired) electrons. The molecule has 0 atom stereocenters. The number of amides is 1. The topological polar surface area (TPSA) is 95.8 Å². The lowest BCUT2D eigenvalue weighted by molar-refractivity contribution is -0.133. The van der Waals surface area contributed by atoms with Crippen LogP contribution in [0.2, 0.25) is 0 Å². The highest BCUT2D eigenvalue weighted by molar-refractivity contribution is 7.89. The Kier molecular flexibility index (Phi) is 7.06. The van der Waals surface area contributed by atoms with Crippen molar-refractivity contribution < 1.29 is 17.7 Å². The molecule has 0 bridgehead atoms. The van der Waals surface area contributed by atoms with Crippen LogP contribution in [0.15, 0.2) is 9.42 Å². The first-order valence-corrected chi connectivity index (χ1v) is 10.2. The predicted molar refractivity (Wildman–Crippen MR) is 98.8 cm³/mol. The van der Waals surface area contributed by atoms with Crippen LogP contribution in [0, 0.1) is 19.8 Å². The zero-order chi connectivity index (χ0) is 18.0. The Labute approximate surface area is 160 Å². The highest BCUT2D eigenvalue weighted by Gasteiger charge is 2.34. The fraction of sp³-hybridized carbons (Fsp3) is 0.750. The summed E-state index contributed by atoms with van der Waals surface area (Å²) in [7, 11) is -3.58. The Morgan fingerprint density at radius 1 is 1.19 bits per heavy atom. The summed E-state index contributed by atoms with van der Waals surface area (Å²) in [6, 6.07) is 0. The van der Waals surface area contributed by atoms with Gasteiger partial charge in [-0.25, -0.2) is 8.42 Å². The van der Waals surface area contributed by atoms with Crippen LogP contribution in [0.3, 0.4) is 0 Å². The van der Waals surface area contributed by atoms with Gasteiger partial charge in [-0.1, -0.05) is 5.16 Å². The van der Waals surface area contributed by atoms with Crippen molar-refractivity contribution in [1.82, 2.24) is 19.7 Å². The Bertz CT molecular complexity index is 703. The van der Waals surface area contributed by atoms with Gasteiger partial charge in [-0.05, 0) is 32.6 Å². The lowest BCUT2D eigenvalue weighted by atomic mass is 9.94. The maximum atomic E-state index is 12.8. The van der Waals surface area contributed by atoms with Crippen LogP contribution in [0.1, 0.15) is 30.7 Å². The van der Waals surface area contributed by atoms with Gasteiger partial charge in [0.25, 0.3) is 0 Å². The molecular weight excluding hydrogens is 380 g/mol. The van der Waals surface area contributed by atoms with E-state index in [-0.39, 0.29) is 29.1 Å². The van der Waals surface area contributed by atoms with Crippen molar-refractivity contribution in [3.8, 4) is 0 Å². The Morgan fingerprint density at radius 2 is 1.81 bits per heavy atom. The number of carbonyl (C=O) groups is 1. The normalized spacial score (nSPS) is 20.0. The maximum absolute atomic E-state index is 12.8. The zero-order valence-electron chi connectivity index (χ0n) is 15.2. The molecule has 148 valence electrons. The summed E-state index contributed by atoms with van der Waals surface area (Å²) >= 11 is 0. The van der Waals surface area contributed by atoms with Gasteiger partial charge in [-0.15, -0.1) is 12.4 Å². The summed E-state index contributed by atoms with van der Waals surface area (Å²) in [6.07, 6.45) is 1.93. The number of piperidine rings is 1. The van der Waals surface area contributed by atoms with E-state index < -0.39 is 10.0 Å². The third-order valence-electron chi connectivity index (χ3n) is 5.07. The molecule has 2 saturated heterocycles. The van der Waals surface area contributed by atoms with Crippen LogP contribution in [0.25, 0.3) is 0 Å². The lowest BCUT2D eigenvalue weighted by Gasteiger charge is -2.33. The van der Waals surface area contributed by atoms with E-state index in [1.54, 1.807) is 13.8 Å². The lowest BCUT2D eigenvalue weighted by Crippen LogP contribution is -2.47. The minimum atomic E-state index is -3.58. The van der Waals surface area contributed by atoms with Crippen molar-refractivity contribution in [2.45, 2.75) is 38.0 Å². The van der Waals surface area contributed by atoms with E-state index >= 15 is 0 Å². The van der Waals surface area contributed by atoms with Crippen LogP contribution >= 0.6 is 12.4 Å². The van der Waals surface area contributed by atoms with Gasteiger partial charge in [-0.3, -0.25) is 4.79 Å². The molecule has 0 spiro atoms. The molecule has 1 amide bonds. The van der Waals surface area contributed by atoms with Gasteiger partial charge in [-0.2, -0.15) is 4.31 Å². The number of carbonyl (C=O) groups excluding carboxylic acids is 1. The smallest absolute Gasteiger partial charge is 0.248 e. The fourth-order valence-electron chi connectivity index (χ4n) is 3.62. The minimum Gasteiger partial charge on any atom is -0.360 e. The largest absolute Gasteiger partial charge is 0.360 e. The van der Waals surface area contributed by atoms with Crippen LogP contribution in [0.5, 0.6) is 0 Å². The van der Waals surface area contributed by atoms with Gasteiger partial charge in [0.15, 0.2) is 5.76 Å². The monoisotopic (exact) mass is 406 g/mol. The van der Waals surface area contributed by atoms with Crippen molar-refractivity contribution in [3.63, 3.8) is 0 Å². The Hall–Kier alpha value is -1.16. The van der Waals surface area contributed by atoms with Gasteiger partial charge in [0.2, 0.25) is 15.9 Å². The minimum absolute atomic E-state index is 0. The summed E-state index contributed by atoms with van der Waals surface area (Å²) in [6.45, 7) is 7.35. The number of hydrogen-bond donors (Lipinski definition) is 1. The summed E-state index contributed by atoms with van der Waals surface area (Å²) < 4.78 is 32.1. The van der Waals surface area contributed by atoms with Crippen molar-refractivity contribution in [3.05, 3.63) is 11.5 Å². The number of aryl methyl sites for hydroxylation is 2. The average molecular weight is 407 g/mol. The quantitative estimate of drug-likeness (QED) is 0.799. The molecule has 3 rings (SSSR count). The van der Waals surface area contributed by atoms with Gasteiger partial charge >= 0.3 is 0 Å². The Balaban J connectivity index is 0.00000243. The molecule has 2 aliphatic heterocycles. The van der Waals surface area contributed by atoms with E-state index in [1.807, 2.05) is 4.90 Å². The molecule has 1 aromatic heterocycles. The molecule has 8 nitrogen and oxygen atoms in total. The van der Waals surface area contributed by atoms with Crippen molar-refractivity contribution in [2.75, 3.05) is 39.3 Å². The van der Waals surface area contributed by atoms with Crippen molar-refractivity contribution in [1.29, 1.82) is 0 Å². The second-order valence-electron chi connectivity index (χ2n) is 6.84. The molecule has 0 aliphatic carbocycles. The number of sulfonamides is 1. The fourth-order valence-corrected chi connectivity index (χ4v) is 5.38. The molecule has 0 saturated carbocycles. The van der Waals surface area contributed by atoms with E-state index in [2.05, 4.69) is 10.5 Å². The highest BCUT2D eigenvalue weighted by atomic mass is 35.5. The summed E-state index contributed by atoms with van der Waals surface area (Å²) in [4.78, 5) is 14.5. The van der Waals surface area contributed by atoms with Crippen LogP contribution in [-0.4, -0.2) is 68.0 Å². The molecule has 26 heavy (non-hydrogen) atoms. The Morgan fingerprint density at radius 3 is 2.35 bits per heavy atom. The first kappa shape index (κ1) is 21.1. The molecule has 3 heterocycles. The van der Waals surface area contributed by atoms with Gasteiger partial charge in [0.05, 0.1) is 0 Å². The molecule has 1 N–H and O–H groups in total. The SMILES string of the molecule is Cc1noc(C)c1S(=O)(=O)N1CCC(CC(=O)N2CCNCC2)CC1.Cl. The first-order valence-electron chi connectivity index (χ1n) is 8.81. The van der Waals surface area contributed by atoms with E-state index in [9.17, 15) is 13.2 Å². The number of halogens is 1. The number of piperazine rings is 1. The number of hydrogen-bond acceptors (Lipinski definition) is 6. The first-order chi connectivity index (χ1) is 11.9. The predicted octanol–water partition coefficient (Wildman–Crippen LogP) is 0.936. The molecule has 2 aliphatic rings. The van der Waals surface area contributed by atoms with Gasteiger partial charge < -0.3 is 14.7 Å². The molecule has 0 aromatic carbocycles.